The predicted octanol–water partition coefficient (Wildman–Crippen LogP) is 3.96. The lowest BCUT2D eigenvalue weighted by atomic mass is 10.2. The van der Waals surface area contributed by atoms with E-state index in [0.29, 0.717) is 21.4 Å². The van der Waals surface area contributed by atoms with Crippen LogP contribution in [0.3, 0.4) is 0 Å². The smallest absolute Gasteiger partial charge is 0.340 e. The molecular weight excluding hydrogens is 374 g/mol. The summed E-state index contributed by atoms with van der Waals surface area (Å²) < 4.78 is 17.3. The van der Waals surface area contributed by atoms with Gasteiger partial charge >= 0.3 is 5.97 Å². The first-order valence-electron chi connectivity index (χ1n) is 8.09. The Morgan fingerprint density at radius 2 is 1.88 bits per heavy atom. The van der Waals surface area contributed by atoms with Crippen molar-refractivity contribution < 1.29 is 18.5 Å². The molecule has 2 atom stereocenters. The summed E-state index contributed by atoms with van der Waals surface area (Å²) in [6.45, 7) is 5.03. The number of benzene rings is 2. The molecule has 5 nitrogen and oxygen atoms in total. The molecule has 0 aromatic heterocycles. The quantitative estimate of drug-likeness (QED) is 0.754. The van der Waals surface area contributed by atoms with Gasteiger partial charge in [-0.2, -0.15) is 0 Å². The third-order valence-electron chi connectivity index (χ3n) is 3.79. The number of rotatable bonds is 6. The van der Waals surface area contributed by atoms with Crippen molar-refractivity contribution in [2.24, 2.45) is 0 Å². The van der Waals surface area contributed by atoms with E-state index in [1.807, 2.05) is 0 Å². The molecule has 26 heavy (non-hydrogen) atoms. The van der Waals surface area contributed by atoms with E-state index >= 15 is 0 Å². The number of ether oxygens (including phenoxy) is 1. The highest BCUT2D eigenvalue weighted by Crippen LogP contribution is 2.23. The van der Waals surface area contributed by atoms with E-state index < -0.39 is 28.8 Å². The topological polar surface area (TPSA) is 72.5 Å². The van der Waals surface area contributed by atoms with Crippen LogP contribution in [0, 0.1) is 6.92 Å². The second kappa shape index (κ2) is 8.96. The highest BCUT2D eigenvalue weighted by molar-refractivity contribution is 7.85. The van der Waals surface area contributed by atoms with Gasteiger partial charge in [0.15, 0.2) is 6.10 Å². The summed E-state index contributed by atoms with van der Waals surface area (Å²) in [5.74, 6) is -0.778. The zero-order valence-electron chi connectivity index (χ0n) is 14.7. The van der Waals surface area contributed by atoms with Gasteiger partial charge in [0.25, 0.3) is 5.91 Å². The second-order valence-electron chi connectivity index (χ2n) is 5.58. The maximum atomic E-state index is 12.4. The zero-order valence-corrected chi connectivity index (χ0v) is 16.3. The van der Waals surface area contributed by atoms with Crippen LogP contribution in [0.25, 0.3) is 0 Å². The monoisotopic (exact) mass is 393 g/mol. The molecule has 2 rings (SSSR count). The van der Waals surface area contributed by atoms with Crippen molar-refractivity contribution in [1.82, 2.24) is 0 Å². The van der Waals surface area contributed by atoms with Gasteiger partial charge in [0.2, 0.25) is 0 Å². The van der Waals surface area contributed by atoms with Crippen LogP contribution in [0.1, 0.15) is 29.8 Å². The highest BCUT2D eigenvalue weighted by Gasteiger charge is 2.22. The van der Waals surface area contributed by atoms with Crippen molar-refractivity contribution in [2.45, 2.75) is 31.8 Å². The number of amides is 1. The molecule has 1 amide bonds. The van der Waals surface area contributed by atoms with Gasteiger partial charge in [0.1, 0.15) is 0 Å². The molecule has 0 heterocycles. The number of halogens is 1. The third kappa shape index (κ3) is 4.71. The van der Waals surface area contributed by atoms with Gasteiger partial charge in [-0.25, -0.2) is 4.79 Å². The Labute approximate surface area is 160 Å². The Bertz CT molecular complexity index is 853. The van der Waals surface area contributed by atoms with Crippen molar-refractivity contribution in [1.29, 1.82) is 0 Å². The van der Waals surface area contributed by atoms with E-state index in [1.165, 1.54) is 13.0 Å². The van der Waals surface area contributed by atoms with E-state index in [4.69, 9.17) is 16.3 Å². The first-order chi connectivity index (χ1) is 12.3. The average molecular weight is 394 g/mol. The van der Waals surface area contributed by atoms with Crippen molar-refractivity contribution in [3.63, 3.8) is 0 Å². The summed E-state index contributed by atoms with van der Waals surface area (Å²) in [6.07, 6.45) is -1.02. The van der Waals surface area contributed by atoms with Crippen molar-refractivity contribution in [3.05, 3.63) is 58.6 Å². The SMILES string of the molecule is CC[S@](=O)c1ccccc1C(=O)O[C@H](C)C(=O)Nc1cccc(Cl)c1C. The number of esters is 1. The standard InChI is InChI=1S/C19H20ClNO4S/c1-4-26(24)17-11-6-5-8-14(17)19(23)25-13(3)18(22)21-16-10-7-9-15(20)12(16)2/h5-11,13H,4H2,1-3H3,(H,21,22)/t13-,26+/m1/s1. The van der Waals surface area contributed by atoms with Crippen molar-refractivity contribution >= 4 is 40.0 Å². The van der Waals surface area contributed by atoms with Crippen LogP contribution in [0.4, 0.5) is 5.69 Å². The van der Waals surface area contributed by atoms with Gasteiger partial charge in [-0.05, 0) is 43.7 Å². The van der Waals surface area contributed by atoms with Crippen molar-refractivity contribution in [2.75, 3.05) is 11.1 Å². The lowest BCUT2D eigenvalue weighted by Gasteiger charge is -2.16. The molecule has 0 fully saturated rings. The molecule has 0 saturated carbocycles. The zero-order chi connectivity index (χ0) is 19.3. The Hall–Kier alpha value is -2.18. The molecule has 0 aliphatic rings. The molecular formula is C19H20ClNO4S. The van der Waals surface area contributed by atoms with E-state index in [1.54, 1.807) is 50.2 Å². The third-order valence-corrected chi connectivity index (χ3v) is 5.57. The molecule has 138 valence electrons. The average Bonchev–Trinajstić information content (AvgIpc) is 2.64. The minimum Gasteiger partial charge on any atom is -0.449 e. The molecule has 0 aliphatic carbocycles. The summed E-state index contributed by atoms with van der Waals surface area (Å²) in [4.78, 5) is 25.1. The van der Waals surface area contributed by atoms with Crippen LogP contribution in [0.15, 0.2) is 47.4 Å². The van der Waals surface area contributed by atoms with Gasteiger partial charge in [0, 0.05) is 16.5 Å². The minimum atomic E-state index is -1.30. The lowest BCUT2D eigenvalue weighted by Crippen LogP contribution is -2.30. The molecule has 0 saturated heterocycles. The summed E-state index contributed by atoms with van der Waals surface area (Å²) in [5.41, 5.74) is 1.48. The van der Waals surface area contributed by atoms with Crippen LogP contribution < -0.4 is 5.32 Å². The van der Waals surface area contributed by atoms with Crippen LogP contribution in [0.5, 0.6) is 0 Å². The van der Waals surface area contributed by atoms with Gasteiger partial charge in [-0.3, -0.25) is 9.00 Å². The summed E-state index contributed by atoms with van der Waals surface area (Å²) in [6, 6.07) is 11.7. The first-order valence-corrected chi connectivity index (χ1v) is 9.79. The van der Waals surface area contributed by atoms with Crippen LogP contribution in [-0.2, 0) is 20.3 Å². The van der Waals surface area contributed by atoms with Gasteiger partial charge < -0.3 is 10.1 Å². The predicted molar refractivity (Wildman–Crippen MR) is 103 cm³/mol. The number of carbonyl (C=O) groups excluding carboxylic acids is 2. The molecule has 2 aromatic rings. The first kappa shape index (κ1) is 20.1. The molecule has 1 N–H and O–H groups in total. The molecule has 0 spiro atoms. The van der Waals surface area contributed by atoms with E-state index in [-0.39, 0.29) is 5.56 Å². The lowest BCUT2D eigenvalue weighted by molar-refractivity contribution is -0.123. The maximum absolute atomic E-state index is 12.4. The summed E-state index contributed by atoms with van der Waals surface area (Å²) in [7, 11) is -1.30. The highest BCUT2D eigenvalue weighted by atomic mass is 35.5. The molecule has 2 aromatic carbocycles. The molecule has 0 radical (unpaired) electrons. The van der Waals surface area contributed by atoms with Gasteiger partial charge in [-0.15, -0.1) is 0 Å². The summed E-state index contributed by atoms with van der Waals surface area (Å²) in [5, 5.41) is 3.23. The number of carbonyl (C=O) groups is 2. The van der Waals surface area contributed by atoms with Crippen LogP contribution in [-0.4, -0.2) is 27.9 Å². The largest absolute Gasteiger partial charge is 0.449 e. The van der Waals surface area contributed by atoms with Crippen molar-refractivity contribution in [3.8, 4) is 0 Å². The van der Waals surface area contributed by atoms with E-state index in [0.717, 1.165) is 5.56 Å². The molecule has 0 aliphatic heterocycles. The molecule has 7 heteroatoms. The Kier molecular flexibility index (Phi) is 6.94. The molecule has 0 unspecified atom stereocenters. The van der Waals surface area contributed by atoms with E-state index in [9.17, 15) is 13.8 Å². The van der Waals surface area contributed by atoms with Crippen LogP contribution >= 0.6 is 11.6 Å². The number of anilines is 1. The van der Waals surface area contributed by atoms with E-state index in [2.05, 4.69) is 5.32 Å². The molecule has 0 bridgehead atoms. The van der Waals surface area contributed by atoms with Gasteiger partial charge in [-0.1, -0.05) is 36.7 Å². The van der Waals surface area contributed by atoms with Gasteiger partial charge in [0.05, 0.1) is 21.3 Å². The van der Waals surface area contributed by atoms with Crippen LogP contribution in [0.2, 0.25) is 5.02 Å². The Morgan fingerprint density at radius 1 is 1.19 bits per heavy atom. The summed E-state index contributed by atoms with van der Waals surface area (Å²) >= 11 is 6.04. The number of hydrogen-bond donors (Lipinski definition) is 1. The normalized spacial score (nSPS) is 12.9. The minimum absolute atomic E-state index is 0.200. The number of nitrogens with one attached hydrogen (secondary N) is 1. The fourth-order valence-electron chi connectivity index (χ4n) is 2.24. The Morgan fingerprint density at radius 3 is 2.58 bits per heavy atom. The number of hydrogen-bond acceptors (Lipinski definition) is 4. The maximum Gasteiger partial charge on any atom is 0.340 e. The Balaban J connectivity index is 2.11. The second-order valence-corrected chi connectivity index (χ2v) is 7.69. The fraction of sp³-hybridized carbons (Fsp3) is 0.263. The fourth-order valence-corrected chi connectivity index (χ4v) is 3.36.